The molecule has 1 aliphatic rings. The van der Waals surface area contributed by atoms with Gasteiger partial charge < -0.3 is 5.11 Å². The fourth-order valence-corrected chi connectivity index (χ4v) is 4.37. The molecule has 0 atom stereocenters. The number of sulfonamides is 1. The Balaban J connectivity index is 1.97. The van der Waals surface area contributed by atoms with Gasteiger partial charge in [0.25, 0.3) is 10.0 Å². The van der Waals surface area contributed by atoms with Gasteiger partial charge in [-0.15, -0.1) is 0 Å². The molecule has 0 amide bonds. The molecule has 0 bridgehead atoms. The summed E-state index contributed by atoms with van der Waals surface area (Å²) in [7, 11) is -3.95. The lowest BCUT2D eigenvalue weighted by Gasteiger charge is -2.30. The highest BCUT2D eigenvalue weighted by molar-refractivity contribution is 7.92. The molecule has 26 heavy (non-hydrogen) atoms. The second kappa shape index (κ2) is 6.87. The molecule has 1 heterocycles. The van der Waals surface area contributed by atoms with Crippen molar-refractivity contribution in [2.75, 3.05) is 10.8 Å². The van der Waals surface area contributed by atoms with Crippen molar-refractivity contribution in [1.29, 1.82) is 0 Å². The van der Waals surface area contributed by atoms with Crippen LogP contribution in [0.1, 0.15) is 17.5 Å². The predicted octanol–water partition coefficient (Wildman–Crippen LogP) is 3.20. The zero-order chi connectivity index (χ0) is 18.9. The van der Waals surface area contributed by atoms with Crippen LogP contribution in [0.5, 0.6) is 0 Å². The van der Waals surface area contributed by atoms with Crippen molar-refractivity contribution in [3.8, 4) is 0 Å². The Morgan fingerprint density at radius 3 is 2.42 bits per heavy atom. The number of hydrogen-bond donors (Lipinski definition) is 1. The summed E-state index contributed by atoms with van der Waals surface area (Å²) in [4.78, 5) is 10.5. The van der Waals surface area contributed by atoms with E-state index in [1.165, 1.54) is 30.3 Å². The van der Waals surface area contributed by atoms with Gasteiger partial charge in [-0.2, -0.15) is 0 Å². The van der Waals surface area contributed by atoms with Crippen LogP contribution in [0.25, 0.3) is 6.08 Å². The molecule has 3 rings (SSSR count). The topological polar surface area (TPSA) is 74.7 Å². The van der Waals surface area contributed by atoms with E-state index in [1.54, 1.807) is 0 Å². The Hall–Kier alpha value is -2.74. The van der Waals surface area contributed by atoms with Crippen LogP contribution in [0.4, 0.5) is 14.5 Å². The number of carbonyl (C=O) groups is 1. The van der Waals surface area contributed by atoms with Crippen LogP contribution >= 0.6 is 0 Å². The summed E-state index contributed by atoms with van der Waals surface area (Å²) in [6.07, 6.45) is 3.25. The molecule has 8 heteroatoms. The first-order valence-corrected chi connectivity index (χ1v) is 9.25. The summed E-state index contributed by atoms with van der Waals surface area (Å²) in [5.41, 5.74) is 1.11. The Bertz CT molecular complexity index is 985. The number of carboxylic acids is 1. The molecule has 1 aliphatic heterocycles. The largest absolute Gasteiger partial charge is 0.478 e. The standard InChI is InChI=1S/C18H15F2NO4S/c19-15-10-13-2-1-9-21(17(13)11-16(15)20)26(24,25)14-6-3-12(4-7-14)5-8-18(22)23/h3-8,10-11H,1-2,9H2,(H,22,23)/b8-5-. The summed E-state index contributed by atoms with van der Waals surface area (Å²) >= 11 is 0. The summed E-state index contributed by atoms with van der Waals surface area (Å²) in [6, 6.07) is 7.60. The second-order valence-corrected chi connectivity index (χ2v) is 7.68. The third kappa shape index (κ3) is 3.45. The van der Waals surface area contributed by atoms with Gasteiger partial charge in [0, 0.05) is 18.7 Å². The predicted molar refractivity (Wildman–Crippen MR) is 92.3 cm³/mol. The molecule has 0 radical (unpaired) electrons. The van der Waals surface area contributed by atoms with Crippen LogP contribution in [0.2, 0.25) is 0 Å². The van der Waals surface area contributed by atoms with E-state index in [1.807, 2.05) is 0 Å². The number of nitrogens with zero attached hydrogens (tertiary/aromatic N) is 1. The smallest absolute Gasteiger partial charge is 0.328 e. The van der Waals surface area contributed by atoms with E-state index in [0.717, 1.165) is 22.5 Å². The van der Waals surface area contributed by atoms with Crippen LogP contribution in [-0.4, -0.2) is 26.0 Å². The van der Waals surface area contributed by atoms with Gasteiger partial charge in [0.05, 0.1) is 10.6 Å². The van der Waals surface area contributed by atoms with Crippen molar-refractivity contribution in [3.63, 3.8) is 0 Å². The number of halogens is 2. The Labute approximate surface area is 149 Å². The maximum absolute atomic E-state index is 13.6. The number of aliphatic carboxylic acids is 1. The van der Waals surface area contributed by atoms with Crippen molar-refractivity contribution in [3.05, 3.63) is 65.2 Å². The van der Waals surface area contributed by atoms with Gasteiger partial charge in [0.1, 0.15) is 0 Å². The van der Waals surface area contributed by atoms with Crippen molar-refractivity contribution >= 4 is 27.8 Å². The van der Waals surface area contributed by atoms with Crippen molar-refractivity contribution in [2.24, 2.45) is 0 Å². The number of fused-ring (bicyclic) bond motifs is 1. The van der Waals surface area contributed by atoms with Gasteiger partial charge in [0.2, 0.25) is 0 Å². The lowest BCUT2D eigenvalue weighted by Crippen LogP contribution is -2.35. The third-order valence-corrected chi connectivity index (χ3v) is 5.91. The van der Waals surface area contributed by atoms with Gasteiger partial charge in [0.15, 0.2) is 11.6 Å². The molecular formula is C18H15F2NO4S. The van der Waals surface area contributed by atoms with Crippen molar-refractivity contribution < 1.29 is 27.1 Å². The third-order valence-electron chi connectivity index (χ3n) is 4.08. The summed E-state index contributed by atoms with van der Waals surface area (Å²) in [6.45, 7) is 0.168. The molecule has 0 spiro atoms. The minimum absolute atomic E-state index is 0.0115. The number of carboxylic acid groups (broad SMARTS) is 1. The average Bonchev–Trinajstić information content (AvgIpc) is 2.60. The van der Waals surface area contributed by atoms with Gasteiger partial charge in [-0.25, -0.2) is 22.0 Å². The lowest BCUT2D eigenvalue weighted by atomic mass is 10.0. The second-order valence-electron chi connectivity index (χ2n) is 5.82. The van der Waals surface area contributed by atoms with Gasteiger partial charge >= 0.3 is 5.97 Å². The first-order valence-electron chi connectivity index (χ1n) is 7.81. The normalized spacial score (nSPS) is 14.5. The molecule has 0 saturated heterocycles. The molecule has 2 aromatic rings. The lowest BCUT2D eigenvalue weighted by molar-refractivity contribution is -0.131. The highest BCUT2D eigenvalue weighted by atomic mass is 32.2. The highest BCUT2D eigenvalue weighted by Crippen LogP contribution is 2.33. The molecule has 2 aromatic carbocycles. The Kier molecular flexibility index (Phi) is 4.78. The van der Waals surface area contributed by atoms with E-state index in [9.17, 15) is 22.0 Å². The van der Waals surface area contributed by atoms with Crippen LogP contribution in [-0.2, 0) is 21.2 Å². The molecule has 1 N–H and O–H groups in total. The van der Waals surface area contributed by atoms with Gasteiger partial charge in [-0.05, 0) is 48.2 Å². The van der Waals surface area contributed by atoms with E-state index >= 15 is 0 Å². The molecule has 0 aromatic heterocycles. The summed E-state index contributed by atoms with van der Waals surface area (Å²) in [5.74, 6) is -3.21. The summed E-state index contributed by atoms with van der Waals surface area (Å²) < 4.78 is 54.0. The van der Waals surface area contributed by atoms with Crippen LogP contribution in [0, 0.1) is 11.6 Å². The fourth-order valence-electron chi connectivity index (χ4n) is 2.84. The van der Waals surface area contributed by atoms with E-state index in [2.05, 4.69) is 0 Å². The molecular weight excluding hydrogens is 364 g/mol. The van der Waals surface area contributed by atoms with Crippen LogP contribution < -0.4 is 4.31 Å². The number of aryl methyl sites for hydroxylation is 1. The zero-order valence-electron chi connectivity index (χ0n) is 13.5. The van der Waals surface area contributed by atoms with Crippen molar-refractivity contribution in [2.45, 2.75) is 17.7 Å². The number of anilines is 1. The Morgan fingerprint density at radius 2 is 1.77 bits per heavy atom. The average molecular weight is 379 g/mol. The molecule has 0 unspecified atom stereocenters. The first kappa shape index (κ1) is 18.1. The number of hydrogen-bond acceptors (Lipinski definition) is 3. The van der Waals surface area contributed by atoms with Crippen molar-refractivity contribution in [1.82, 2.24) is 0 Å². The van der Waals surface area contributed by atoms with Gasteiger partial charge in [-0.1, -0.05) is 12.1 Å². The first-order chi connectivity index (χ1) is 12.3. The number of benzene rings is 2. The SMILES string of the molecule is O=C(O)/C=C\c1ccc(S(=O)(=O)N2CCCc3cc(F)c(F)cc32)cc1. The Morgan fingerprint density at radius 1 is 1.12 bits per heavy atom. The summed E-state index contributed by atoms with van der Waals surface area (Å²) in [5, 5.41) is 8.62. The number of rotatable bonds is 4. The maximum Gasteiger partial charge on any atom is 0.328 e. The molecule has 0 saturated carbocycles. The molecule has 0 aliphatic carbocycles. The van der Waals surface area contributed by atoms with E-state index in [-0.39, 0.29) is 17.1 Å². The van der Waals surface area contributed by atoms with Crippen LogP contribution in [0.3, 0.4) is 0 Å². The minimum atomic E-state index is -3.95. The maximum atomic E-state index is 13.6. The van der Waals surface area contributed by atoms with E-state index < -0.39 is 27.6 Å². The quantitative estimate of drug-likeness (QED) is 0.828. The minimum Gasteiger partial charge on any atom is -0.478 e. The fraction of sp³-hybridized carbons (Fsp3) is 0.167. The monoisotopic (exact) mass is 379 g/mol. The van der Waals surface area contributed by atoms with Crippen LogP contribution in [0.15, 0.2) is 47.4 Å². The van der Waals surface area contributed by atoms with E-state index in [0.29, 0.717) is 24.0 Å². The highest BCUT2D eigenvalue weighted by Gasteiger charge is 2.30. The van der Waals surface area contributed by atoms with E-state index in [4.69, 9.17) is 5.11 Å². The molecule has 136 valence electrons. The zero-order valence-corrected chi connectivity index (χ0v) is 14.3. The van der Waals surface area contributed by atoms with Gasteiger partial charge in [-0.3, -0.25) is 4.31 Å². The molecule has 0 fully saturated rings. The molecule has 5 nitrogen and oxygen atoms in total.